The SMILES string of the molecule is CC(C)(C)OC(=O)N1CCN(Cc2ccc(Cl)cc2N2CC[C@@H](N3CCCC3=O)C2)CC1.O=C(O)C(F)(F)F.O=C1CCCN1[C@@H]1CCN(c2cc(Cl)ccc2CN2CCNCC2)C1. The number of piperazine rings is 2. The molecule has 64 heavy (non-hydrogen) atoms. The minimum atomic E-state index is -5.08. The van der Waals surface area contributed by atoms with Gasteiger partial charge in [0.25, 0.3) is 0 Å². The molecular weight excluding hydrogens is 876 g/mol. The fourth-order valence-electron chi connectivity index (χ4n) is 9.24. The number of benzene rings is 2. The van der Waals surface area contributed by atoms with Gasteiger partial charge in [-0.05, 0) is 81.8 Å². The Bertz CT molecular complexity index is 1940. The second-order valence-corrected chi connectivity index (χ2v) is 19.1. The molecule has 0 radical (unpaired) electrons. The first-order valence-corrected chi connectivity index (χ1v) is 23.2. The molecule has 354 valence electrons. The van der Waals surface area contributed by atoms with Crippen molar-refractivity contribution in [3.8, 4) is 0 Å². The standard InChI is InChI=1S/C24H35ClN4O3.C19H27ClN4O.C2HF3O2/c1-24(2,3)32-23(31)27-13-11-26(12-14-27)16-18-6-7-19(25)15-21(18)28-10-8-20(17-28)29-9-4-5-22(29)30;20-16-4-3-15(13-22-10-6-21-7-11-22)18(12-16)23-9-5-17(14-23)24-8-1-2-19(24)25;3-2(4,5)1(6)7/h6-7,15,20H,4-5,8-14,16-17H2,1-3H3;3-4,12,17,21H,1-2,5-11,13-14H2;(H,6,7)/t20-;17-;/m11./s1. The van der Waals surface area contributed by atoms with Crippen LogP contribution in [-0.2, 0) is 32.2 Å². The molecule has 0 spiro atoms. The first-order chi connectivity index (χ1) is 30.3. The maximum atomic E-state index is 12.3. The van der Waals surface area contributed by atoms with E-state index in [0.29, 0.717) is 43.4 Å². The molecule has 2 N–H and O–H groups in total. The quantitative estimate of drug-likeness (QED) is 0.315. The molecule has 0 unspecified atom stereocenters. The number of anilines is 2. The van der Waals surface area contributed by atoms with Gasteiger partial charge in [-0.15, -0.1) is 0 Å². The highest BCUT2D eigenvalue weighted by Gasteiger charge is 2.39. The highest BCUT2D eigenvalue weighted by atomic mass is 35.5. The third kappa shape index (κ3) is 13.8. The topological polar surface area (TPSA) is 132 Å². The summed E-state index contributed by atoms with van der Waals surface area (Å²) in [4.78, 5) is 61.1. The van der Waals surface area contributed by atoms with Crippen LogP contribution in [0, 0.1) is 0 Å². The predicted molar refractivity (Wildman–Crippen MR) is 241 cm³/mol. The van der Waals surface area contributed by atoms with E-state index >= 15 is 0 Å². The number of hydrogen-bond donors (Lipinski definition) is 2. The predicted octanol–water partition coefficient (Wildman–Crippen LogP) is 6.17. The Kier molecular flexibility index (Phi) is 17.0. The van der Waals surface area contributed by atoms with Crippen molar-refractivity contribution in [2.75, 3.05) is 101 Å². The normalized spacial score (nSPS) is 22.4. The summed E-state index contributed by atoms with van der Waals surface area (Å²) in [7, 11) is 0. The number of nitrogens with one attached hydrogen (secondary N) is 1. The van der Waals surface area contributed by atoms with Crippen LogP contribution in [0.25, 0.3) is 0 Å². The molecule has 6 saturated heterocycles. The van der Waals surface area contributed by atoms with Gasteiger partial charge in [-0.1, -0.05) is 35.3 Å². The number of hydrogen-bond acceptors (Lipinski definition) is 10. The number of ether oxygens (including phenoxy) is 1. The summed E-state index contributed by atoms with van der Waals surface area (Å²) in [6.07, 6.45) is 0.158. The number of carbonyl (C=O) groups excluding carboxylic acids is 3. The summed E-state index contributed by atoms with van der Waals surface area (Å²) in [5.41, 5.74) is 4.54. The van der Waals surface area contributed by atoms with Crippen molar-refractivity contribution in [2.24, 2.45) is 0 Å². The van der Waals surface area contributed by atoms with Gasteiger partial charge in [-0.3, -0.25) is 19.4 Å². The van der Waals surface area contributed by atoms with Crippen LogP contribution in [0.5, 0.6) is 0 Å². The van der Waals surface area contributed by atoms with Crippen molar-refractivity contribution in [3.63, 3.8) is 0 Å². The van der Waals surface area contributed by atoms with Crippen molar-refractivity contribution < 1.29 is 42.2 Å². The number of likely N-dealkylation sites (tertiary alicyclic amines) is 2. The van der Waals surface area contributed by atoms with Crippen LogP contribution in [0.15, 0.2) is 36.4 Å². The molecule has 6 aliphatic rings. The molecule has 6 heterocycles. The molecule has 8 rings (SSSR count). The number of aliphatic carboxylic acids is 1. The second kappa shape index (κ2) is 22.0. The van der Waals surface area contributed by atoms with E-state index in [1.807, 2.05) is 32.9 Å². The van der Waals surface area contributed by atoms with Crippen LogP contribution >= 0.6 is 23.2 Å². The molecule has 2 atom stereocenters. The second-order valence-electron chi connectivity index (χ2n) is 18.3. The van der Waals surface area contributed by atoms with Crippen LogP contribution in [0.2, 0.25) is 10.0 Å². The number of amides is 3. The van der Waals surface area contributed by atoms with Crippen LogP contribution < -0.4 is 15.1 Å². The lowest BCUT2D eigenvalue weighted by molar-refractivity contribution is -0.192. The third-order valence-electron chi connectivity index (χ3n) is 12.5. The monoisotopic (exact) mass is 938 g/mol. The Balaban J connectivity index is 0.000000189. The summed E-state index contributed by atoms with van der Waals surface area (Å²) in [5.74, 6) is -2.13. The van der Waals surface area contributed by atoms with E-state index in [1.165, 1.54) is 22.5 Å². The first kappa shape index (κ1) is 49.4. The number of halogens is 5. The molecule has 3 amide bonds. The summed E-state index contributed by atoms with van der Waals surface area (Å²) in [5, 5.41) is 12.1. The van der Waals surface area contributed by atoms with E-state index in [0.717, 1.165) is 134 Å². The minimum Gasteiger partial charge on any atom is -0.475 e. The van der Waals surface area contributed by atoms with Gasteiger partial charge in [0.1, 0.15) is 5.60 Å². The van der Waals surface area contributed by atoms with Gasteiger partial charge in [0.15, 0.2) is 0 Å². The Hall–Kier alpha value is -4.03. The summed E-state index contributed by atoms with van der Waals surface area (Å²) in [6.45, 7) is 20.3. The van der Waals surface area contributed by atoms with Crippen molar-refractivity contribution in [1.82, 2.24) is 29.8 Å². The van der Waals surface area contributed by atoms with Gasteiger partial charge in [0.05, 0.1) is 12.1 Å². The number of carboxylic acid groups (broad SMARTS) is 1. The minimum absolute atomic E-state index is 0.232. The van der Waals surface area contributed by atoms with E-state index in [1.54, 1.807) is 4.90 Å². The molecule has 6 fully saturated rings. The molecular formula is C45H63Cl2F3N8O6. The van der Waals surface area contributed by atoms with Crippen LogP contribution in [0.4, 0.5) is 29.3 Å². The van der Waals surface area contributed by atoms with Gasteiger partial charge in [-0.25, -0.2) is 9.59 Å². The van der Waals surface area contributed by atoms with E-state index in [4.69, 9.17) is 37.8 Å². The van der Waals surface area contributed by atoms with E-state index in [2.05, 4.69) is 59.0 Å². The van der Waals surface area contributed by atoms with Crippen LogP contribution in [-0.4, -0.2) is 169 Å². The summed E-state index contributed by atoms with van der Waals surface area (Å²) in [6, 6.07) is 13.1. The molecule has 19 heteroatoms. The molecule has 6 aliphatic heterocycles. The van der Waals surface area contributed by atoms with Gasteiger partial charge in [0.2, 0.25) is 11.8 Å². The molecule has 0 aromatic heterocycles. The highest BCUT2D eigenvalue weighted by molar-refractivity contribution is 6.31. The van der Waals surface area contributed by atoms with Crippen LogP contribution in [0.3, 0.4) is 0 Å². The molecule has 0 bridgehead atoms. The van der Waals surface area contributed by atoms with Crippen LogP contribution in [0.1, 0.15) is 70.4 Å². The van der Waals surface area contributed by atoms with Gasteiger partial charge < -0.3 is 39.7 Å². The zero-order valence-corrected chi connectivity index (χ0v) is 38.7. The molecule has 14 nitrogen and oxygen atoms in total. The summed E-state index contributed by atoms with van der Waals surface area (Å²) >= 11 is 12.7. The van der Waals surface area contributed by atoms with Gasteiger partial charge in [-0.2, -0.15) is 13.2 Å². The van der Waals surface area contributed by atoms with Gasteiger partial charge in [0, 0.05) is 139 Å². The van der Waals surface area contributed by atoms with Crippen molar-refractivity contribution >= 4 is 58.5 Å². The van der Waals surface area contributed by atoms with E-state index in [9.17, 15) is 27.6 Å². The lowest BCUT2D eigenvalue weighted by Crippen LogP contribution is -2.49. The zero-order valence-electron chi connectivity index (χ0n) is 37.2. The van der Waals surface area contributed by atoms with Crippen molar-refractivity contribution in [1.29, 1.82) is 0 Å². The Morgan fingerprint density at radius 3 is 1.53 bits per heavy atom. The maximum Gasteiger partial charge on any atom is 0.490 e. The average Bonchev–Trinajstić information content (AvgIpc) is 4.08. The fourth-order valence-corrected chi connectivity index (χ4v) is 9.57. The molecule has 0 saturated carbocycles. The Labute approximate surface area is 384 Å². The molecule has 2 aromatic rings. The largest absolute Gasteiger partial charge is 0.490 e. The highest BCUT2D eigenvalue weighted by Crippen LogP contribution is 2.33. The number of nitrogens with zero attached hydrogens (tertiary/aromatic N) is 7. The smallest absolute Gasteiger partial charge is 0.475 e. The first-order valence-electron chi connectivity index (χ1n) is 22.4. The lowest BCUT2D eigenvalue weighted by Gasteiger charge is -2.36. The summed E-state index contributed by atoms with van der Waals surface area (Å²) < 4.78 is 37.2. The number of carboxylic acids is 1. The van der Waals surface area contributed by atoms with Crippen molar-refractivity contribution in [3.05, 3.63) is 57.6 Å². The number of alkyl halides is 3. The maximum absolute atomic E-state index is 12.3. The number of rotatable bonds is 8. The van der Waals surface area contributed by atoms with E-state index in [-0.39, 0.29) is 6.09 Å². The average molecular weight is 940 g/mol. The third-order valence-corrected chi connectivity index (χ3v) is 12.9. The molecule has 2 aromatic carbocycles. The Morgan fingerprint density at radius 2 is 1.14 bits per heavy atom. The number of carbonyl (C=O) groups is 4. The molecule has 0 aliphatic carbocycles. The van der Waals surface area contributed by atoms with Gasteiger partial charge >= 0.3 is 18.2 Å². The zero-order chi connectivity index (χ0) is 46.2. The van der Waals surface area contributed by atoms with Crippen molar-refractivity contribution in [2.45, 2.75) is 96.2 Å². The van der Waals surface area contributed by atoms with E-state index < -0.39 is 17.7 Å². The Morgan fingerprint density at radius 1 is 0.703 bits per heavy atom. The lowest BCUT2D eigenvalue weighted by atomic mass is 10.1. The fraction of sp³-hybridized carbons (Fsp3) is 0.644.